The van der Waals surface area contributed by atoms with Crippen LogP contribution in [0.25, 0.3) is 0 Å². The number of rotatable bonds is 4. The number of anilines is 1. The van der Waals surface area contributed by atoms with Gasteiger partial charge in [-0.05, 0) is 41.4 Å². The quantitative estimate of drug-likeness (QED) is 0.897. The summed E-state index contributed by atoms with van der Waals surface area (Å²) in [6.45, 7) is 4.80. The van der Waals surface area contributed by atoms with Crippen LogP contribution in [0.1, 0.15) is 13.8 Å². The molecule has 1 aromatic rings. The Morgan fingerprint density at radius 2 is 2.27 bits per heavy atom. The van der Waals surface area contributed by atoms with Crippen molar-refractivity contribution in [2.24, 2.45) is 11.7 Å². The Morgan fingerprint density at radius 1 is 1.60 bits per heavy atom. The maximum Gasteiger partial charge on any atom is 0.145 e. The van der Waals surface area contributed by atoms with Gasteiger partial charge in [0.05, 0.1) is 5.02 Å². The predicted octanol–water partition coefficient (Wildman–Crippen LogP) is 2.89. The van der Waals surface area contributed by atoms with Crippen LogP contribution in [0, 0.1) is 5.92 Å². The molecule has 0 aromatic carbocycles. The van der Waals surface area contributed by atoms with E-state index in [-0.39, 0.29) is 6.04 Å². The molecular formula is C10H15BrClN3. The lowest BCUT2D eigenvalue weighted by Gasteiger charge is -2.20. The molecule has 1 aromatic heterocycles. The molecule has 1 heterocycles. The fourth-order valence-corrected chi connectivity index (χ4v) is 1.77. The Balaban J connectivity index is 2.72. The van der Waals surface area contributed by atoms with Crippen LogP contribution >= 0.6 is 27.5 Å². The first-order valence-electron chi connectivity index (χ1n) is 4.82. The van der Waals surface area contributed by atoms with E-state index < -0.39 is 0 Å². The van der Waals surface area contributed by atoms with Gasteiger partial charge in [0.1, 0.15) is 5.82 Å². The summed E-state index contributed by atoms with van der Waals surface area (Å²) in [7, 11) is 0. The molecule has 15 heavy (non-hydrogen) atoms. The van der Waals surface area contributed by atoms with Crippen molar-refractivity contribution in [1.82, 2.24) is 4.98 Å². The molecular weight excluding hydrogens is 277 g/mol. The van der Waals surface area contributed by atoms with Crippen LogP contribution in [0.15, 0.2) is 16.7 Å². The highest BCUT2D eigenvalue weighted by Crippen LogP contribution is 2.24. The fraction of sp³-hybridized carbons (Fsp3) is 0.500. The van der Waals surface area contributed by atoms with Gasteiger partial charge in [-0.15, -0.1) is 0 Å². The number of nitrogens with one attached hydrogen (secondary N) is 1. The molecule has 3 nitrogen and oxygen atoms in total. The lowest BCUT2D eigenvalue weighted by atomic mass is 10.0. The molecule has 0 saturated carbocycles. The van der Waals surface area contributed by atoms with E-state index in [1.54, 1.807) is 6.20 Å². The summed E-state index contributed by atoms with van der Waals surface area (Å²) in [6, 6.07) is 2.07. The summed E-state index contributed by atoms with van der Waals surface area (Å²) in [5.74, 6) is 1.08. The summed E-state index contributed by atoms with van der Waals surface area (Å²) < 4.78 is 0.873. The zero-order valence-electron chi connectivity index (χ0n) is 8.80. The van der Waals surface area contributed by atoms with E-state index in [0.29, 0.717) is 23.3 Å². The first-order chi connectivity index (χ1) is 7.04. The number of hydrogen-bond acceptors (Lipinski definition) is 3. The van der Waals surface area contributed by atoms with Crippen molar-refractivity contribution in [3.05, 3.63) is 21.8 Å². The zero-order valence-corrected chi connectivity index (χ0v) is 11.1. The number of hydrogen-bond donors (Lipinski definition) is 2. The SMILES string of the molecule is CC(CN)C(C)Nc1ncc(Br)cc1Cl. The lowest BCUT2D eigenvalue weighted by molar-refractivity contribution is 0.520. The molecule has 0 aliphatic rings. The molecule has 0 radical (unpaired) electrons. The number of pyridine rings is 1. The fourth-order valence-electron chi connectivity index (χ4n) is 1.08. The second kappa shape index (κ2) is 5.68. The zero-order chi connectivity index (χ0) is 11.4. The highest BCUT2D eigenvalue weighted by molar-refractivity contribution is 9.10. The van der Waals surface area contributed by atoms with Gasteiger partial charge in [0.25, 0.3) is 0 Å². The van der Waals surface area contributed by atoms with Crippen LogP contribution in [0.2, 0.25) is 5.02 Å². The molecule has 1 rings (SSSR count). The van der Waals surface area contributed by atoms with Gasteiger partial charge >= 0.3 is 0 Å². The van der Waals surface area contributed by atoms with E-state index in [1.807, 2.05) is 6.07 Å². The molecule has 84 valence electrons. The van der Waals surface area contributed by atoms with Gasteiger partial charge in [-0.1, -0.05) is 18.5 Å². The van der Waals surface area contributed by atoms with Crippen LogP contribution in [-0.2, 0) is 0 Å². The van der Waals surface area contributed by atoms with Crippen LogP contribution in [-0.4, -0.2) is 17.6 Å². The van der Waals surface area contributed by atoms with Gasteiger partial charge in [-0.2, -0.15) is 0 Å². The van der Waals surface area contributed by atoms with E-state index in [0.717, 1.165) is 4.47 Å². The molecule has 0 spiro atoms. The first-order valence-corrected chi connectivity index (χ1v) is 5.99. The van der Waals surface area contributed by atoms with Gasteiger partial charge in [0, 0.05) is 16.7 Å². The molecule has 5 heteroatoms. The normalized spacial score (nSPS) is 14.7. The minimum absolute atomic E-state index is 0.251. The Hall–Kier alpha value is -0.320. The molecule has 0 fully saturated rings. The van der Waals surface area contributed by atoms with Crippen molar-refractivity contribution in [2.45, 2.75) is 19.9 Å². The van der Waals surface area contributed by atoms with Crippen molar-refractivity contribution < 1.29 is 0 Å². The lowest BCUT2D eigenvalue weighted by Crippen LogP contribution is -2.29. The molecule has 2 atom stereocenters. The van der Waals surface area contributed by atoms with E-state index in [1.165, 1.54) is 0 Å². The molecule has 0 bridgehead atoms. The number of halogens is 2. The third kappa shape index (κ3) is 3.63. The summed E-state index contributed by atoms with van der Waals surface area (Å²) in [6.07, 6.45) is 1.72. The molecule has 0 saturated heterocycles. The van der Waals surface area contributed by atoms with Gasteiger partial charge in [-0.25, -0.2) is 4.98 Å². The Bertz CT molecular complexity index is 332. The molecule has 0 amide bonds. The summed E-state index contributed by atoms with van der Waals surface area (Å²) in [4.78, 5) is 4.20. The minimum atomic E-state index is 0.251. The van der Waals surface area contributed by atoms with Crippen LogP contribution < -0.4 is 11.1 Å². The predicted molar refractivity (Wildman–Crippen MR) is 68.3 cm³/mol. The monoisotopic (exact) mass is 291 g/mol. The van der Waals surface area contributed by atoms with Crippen LogP contribution in [0.4, 0.5) is 5.82 Å². The average Bonchev–Trinajstić information content (AvgIpc) is 2.20. The second-order valence-corrected chi connectivity index (χ2v) is 4.95. The van der Waals surface area contributed by atoms with Gasteiger partial charge in [-0.3, -0.25) is 0 Å². The third-order valence-corrected chi connectivity index (χ3v) is 3.12. The number of nitrogens with zero attached hydrogens (tertiary/aromatic N) is 1. The van der Waals surface area contributed by atoms with Crippen LogP contribution in [0.3, 0.4) is 0 Å². The Labute approximate surface area is 104 Å². The third-order valence-electron chi connectivity index (χ3n) is 2.40. The highest BCUT2D eigenvalue weighted by atomic mass is 79.9. The Morgan fingerprint density at radius 3 is 2.80 bits per heavy atom. The molecule has 3 N–H and O–H groups in total. The van der Waals surface area contributed by atoms with Gasteiger partial charge < -0.3 is 11.1 Å². The smallest absolute Gasteiger partial charge is 0.145 e. The summed E-state index contributed by atoms with van der Waals surface area (Å²) in [5, 5.41) is 3.86. The first kappa shape index (κ1) is 12.7. The van der Waals surface area contributed by atoms with Crippen molar-refractivity contribution >= 4 is 33.3 Å². The van der Waals surface area contributed by atoms with Crippen molar-refractivity contribution in [3.63, 3.8) is 0 Å². The minimum Gasteiger partial charge on any atom is -0.366 e. The number of aromatic nitrogens is 1. The van der Waals surface area contributed by atoms with E-state index >= 15 is 0 Å². The summed E-state index contributed by atoms with van der Waals surface area (Å²) in [5.41, 5.74) is 5.59. The maximum atomic E-state index is 6.04. The topological polar surface area (TPSA) is 50.9 Å². The maximum absolute atomic E-state index is 6.04. The largest absolute Gasteiger partial charge is 0.366 e. The molecule has 2 unspecified atom stereocenters. The van der Waals surface area contributed by atoms with Crippen molar-refractivity contribution in [3.8, 4) is 0 Å². The standard InChI is InChI=1S/C10H15BrClN3/c1-6(4-13)7(2)15-10-9(12)3-8(11)5-14-10/h3,5-7H,4,13H2,1-2H3,(H,14,15). The van der Waals surface area contributed by atoms with E-state index in [4.69, 9.17) is 17.3 Å². The second-order valence-electron chi connectivity index (χ2n) is 3.63. The number of nitrogens with two attached hydrogens (primary N) is 1. The summed E-state index contributed by atoms with van der Waals surface area (Å²) >= 11 is 9.35. The van der Waals surface area contributed by atoms with Crippen molar-refractivity contribution in [1.29, 1.82) is 0 Å². The van der Waals surface area contributed by atoms with Gasteiger partial charge in [0.2, 0.25) is 0 Å². The van der Waals surface area contributed by atoms with E-state index in [9.17, 15) is 0 Å². The van der Waals surface area contributed by atoms with E-state index in [2.05, 4.69) is 40.1 Å². The molecule has 0 aliphatic heterocycles. The highest BCUT2D eigenvalue weighted by Gasteiger charge is 2.12. The Kier molecular flexibility index (Phi) is 4.83. The van der Waals surface area contributed by atoms with Gasteiger partial charge in [0.15, 0.2) is 0 Å². The average molecular weight is 293 g/mol. The molecule has 0 aliphatic carbocycles. The van der Waals surface area contributed by atoms with Crippen molar-refractivity contribution in [2.75, 3.05) is 11.9 Å². The van der Waals surface area contributed by atoms with Crippen LogP contribution in [0.5, 0.6) is 0 Å².